The van der Waals surface area contributed by atoms with E-state index in [0.29, 0.717) is 12.2 Å². The van der Waals surface area contributed by atoms with Crippen LogP contribution < -0.4 is 10.9 Å². The van der Waals surface area contributed by atoms with Gasteiger partial charge in [-0.25, -0.2) is 4.98 Å². The number of benzene rings is 1. The lowest BCUT2D eigenvalue weighted by Crippen LogP contribution is -2.43. The highest BCUT2D eigenvalue weighted by atomic mass is 16.2. The van der Waals surface area contributed by atoms with Gasteiger partial charge in [0.15, 0.2) is 0 Å². The van der Waals surface area contributed by atoms with Crippen molar-refractivity contribution < 1.29 is 4.79 Å². The Hall–Kier alpha value is -2.99. The molecule has 1 amide bonds. The predicted molar refractivity (Wildman–Crippen MR) is 106 cm³/mol. The van der Waals surface area contributed by atoms with Crippen molar-refractivity contribution in [1.29, 1.82) is 0 Å². The lowest BCUT2D eigenvalue weighted by molar-refractivity contribution is 0.0939. The number of hydrogen-bond acceptors (Lipinski definition) is 4. The number of nitrogens with one attached hydrogen (secondary N) is 1. The molecule has 0 aliphatic rings. The molecule has 0 saturated carbocycles. The van der Waals surface area contributed by atoms with Crippen LogP contribution in [0.5, 0.6) is 0 Å². The zero-order valence-electron chi connectivity index (χ0n) is 15.8. The van der Waals surface area contributed by atoms with Crippen LogP contribution in [0.1, 0.15) is 21.5 Å². The zero-order valence-corrected chi connectivity index (χ0v) is 15.8. The third-order valence-corrected chi connectivity index (χ3v) is 4.64. The number of aromatic nitrogens is 2. The van der Waals surface area contributed by atoms with E-state index in [1.54, 1.807) is 12.3 Å². The molecule has 1 unspecified atom stereocenters. The molecule has 0 spiro atoms. The Labute approximate surface area is 158 Å². The summed E-state index contributed by atoms with van der Waals surface area (Å²) < 4.78 is 1.41. The number of aryl methyl sites for hydroxylation is 1. The number of carbonyl (C=O) groups is 1. The number of nitrogens with zero attached hydrogens (tertiary/aromatic N) is 3. The molecule has 0 bridgehead atoms. The first kappa shape index (κ1) is 18.8. The van der Waals surface area contributed by atoms with Gasteiger partial charge in [0.05, 0.1) is 0 Å². The molecule has 0 radical (unpaired) electrons. The third-order valence-electron chi connectivity index (χ3n) is 4.64. The summed E-state index contributed by atoms with van der Waals surface area (Å²) in [5, 5.41) is 2.89. The number of pyridine rings is 1. The van der Waals surface area contributed by atoms with Crippen LogP contribution >= 0.6 is 0 Å². The van der Waals surface area contributed by atoms with Crippen LogP contribution in [0, 0.1) is 6.92 Å². The van der Waals surface area contributed by atoms with Crippen molar-refractivity contribution in [3.05, 3.63) is 81.9 Å². The Bertz CT molecular complexity index is 996. The molecule has 2 aromatic heterocycles. The molecular formula is C21H24N4O2. The van der Waals surface area contributed by atoms with Crippen molar-refractivity contribution in [3.8, 4) is 0 Å². The van der Waals surface area contributed by atoms with Gasteiger partial charge in [-0.05, 0) is 44.6 Å². The first-order valence-electron chi connectivity index (χ1n) is 8.92. The smallest absolute Gasteiger partial charge is 0.270 e. The minimum absolute atomic E-state index is 0.0512. The van der Waals surface area contributed by atoms with Gasteiger partial charge in [-0.15, -0.1) is 0 Å². The van der Waals surface area contributed by atoms with Crippen LogP contribution in [0.3, 0.4) is 0 Å². The maximum atomic E-state index is 12.6. The monoisotopic (exact) mass is 364 g/mol. The standard InChI is InChI=1S/C21H24N4O2/c1-15-9-10-19-22-13-18(21(27)25(19)14-15)20(26)23-12-17(24(2)3)11-16-7-5-4-6-8-16/h4-10,13-14,17H,11-12H2,1-3H3,(H,23,26). The maximum Gasteiger partial charge on any atom is 0.270 e. The van der Waals surface area contributed by atoms with Gasteiger partial charge < -0.3 is 10.2 Å². The second kappa shape index (κ2) is 8.14. The van der Waals surface area contributed by atoms with E-state index in [0.717, 1.165) is 12.0 Å². The van der Waals surface area contributed by atoms with Crippen molar-refractivity contribution in [2.75, 3.05) is 20.6 Å². The summed E-state index contributed by atoms with van der Waals surface area (Å²) in [7, 11) is 3.96. The van der Waals surface area contributed by atoms with E-state index in [1.807, 2.05) is 45.3 Å². The summed E-state index contributed by atoms with van der Waals surface area (Å²) in [5.41, 5.74) is 2.35. The summed E-state index contributed by atoms with van der Waals surface area (Å²) in [5.74, 6) is -0.400. The zero-order chi connectivity index (χ0) is 19.4. The number of likely N-dealkylation sites (N-methyl/N-ethyl adjacent to an activating group) is 1. The van der Waals surface area contributed by atoms with E-state index in [1.165, 1.54) is 16.2 Å². The molecule has 2 heterocycles. The normalized spacial score (nSPS) is 12.3. The number of carbonyl (C=O) groups excluding carboxylic acids is 1. The molecule has 1 aromatic carbocycles. The SMILES string of the molecule is Cc1ccc2ncc(C(=O)NCC(Cc3ccccc3)N(C)C)c(=O)n2c1. The highest BCUT2D eigenvalue weighted by Gasteiger charge is 2.17. The van der Waals surface area contributed by atoms with Crippen molar-refractivity contribution >= 4 is 11.6 Å². The average Bonchev–Trinajstić information content (AvgIpc) is 2.66. The Kier molecular flexibility index (Phi) is 5.66. The Morgan fingerprint density at radius 1 is 1.19 bits per heavy atom. The van der Waals surface area contributed by atoms with Gasteiger partial charge in [-0.1, -0.05) is 36.4 Å². The molecule has 3 aromatic rings. The van der Waals surface area contributed by atoms with Gasteiger partial charge in [0.25, 0.3) is 11.5 Å². The van der Waals surface area contributed by atoms with Crippen molar-refractivity contribution in [2.24, 2.45) is 0 Å². The van der Waals surface area contributed by atoms with Crippen molar-refractivity contribution in [2.45, 2.75) is 19.4 Å². The molecule has 0 aliphatic heterocycles. The van der Waals surface area contributed by atoms with Crippen LogP contribution in [-0.4, -0.2) is 46.9 Å². The fourth-order valence-electron chi connectivity index (χ4n) is 2.97. The highest BCUT2D eigenvalue weighted by molar-refractivity contribution is 5.93. The van der Waals surface area contributed by atoms with Gasteiger partial charge in [0.1, 0.15) is 11.2 Å². The molecule has 1 N–H and O–H groups in total. The van der Waals surface area contributed by atoms with Crippen LogP contribution in [0.4, 0.5) is 0 Å². The summed E-state index contributed by atoms with van der Waals surface area (Å²) in [4.78, 5) is 31.5. The average molecular weight is 364 g/mol. The van der Waals surface area contributed by atoms with Gasteiger partial charge >= 0.3 is 0 Å². The summed E-state index contributed by atoms with van der Waals surface area (Å²) in [6.45, 7) is 2.33. The van der Waals surface area contributed by atoms with E-state index < -0.39 is 5.91 Å². The van der Waals surface area contributed by atoms with Gasteiger partial charge in [-0.3, -0.25) is 14.0 Å². The quantitative estimate of drug-likeness (QED) is 0.726. The molecule has 3 rings (SSSR count). The minimum atomic E-state index is -0.400. The first-order chi connectivity index (χ1) is 13.0. The van der Waals surface area contributed by atoms with E-state index in [4.69, 9.17) is 0 Å². The van der Waals surface area contributed by atoms with E-state index >= 15 is 0 Å². The van der Waals surface area contributed by atoms with Gasteiger partial charge in [0, 0.05) is 25.0 Å². The second-order valence-electron chi connectivity index (χ2n) is 6.93. The number of fused-ring (bicyclic) bond motifs is 1. The van der Waals surface area contributed by atoms with Crippen molar-refractivity contribution in [3.63, 3.8) is 0 Å². The molecule has 1 atom stereocenters. The molecule has 27 heavy (non-hydrogen) atoms. The molecular weight excluding hydrogens is 340 g/mol. The molecule has 0 saturated heterocycles. The lowest BCUT2D eigenvalue weighted by Gasteiger charge is -2.24. The Morgan fingerprint density at radius 3 is 2.63 bits per heavy atom. The Morgan fingerprint density at radius 2 is 1.93 bits per heavy atom. The Balaban J connectivity index is 1.75. The molecule has 0 fully saturated rings. The highest BCUT2D eigenvalue weighted by Crippen LogP contribution is 2.07. The van der Waals surface area contributed by atoms with E-state index in [-0.39, 0.29) is 17.2 Å². The van der Waals surface area contributed by atoms with E-state index in [2.05, 4.69) is 27.3 Å². The molecule has 6 heteroatoms. The van der Waals surface area contributed by atoms with E-state index in [9.17, 15) is 9.59 Å². The second-order valence-corrected chi connectivity index (χ2v) is 6.93. The predicted octanol–water partition coefficient (Wildman–Crippen LogP) is 1.91. The van der Waals surface area contributed by atoms with Crippen LogP contribution in [0.2, 0.25) is 0 Å². The molecule has 0 aliphatic carbocycles. The fraction of sp³-hybridized carbons (Fsp3) is 0.286. The molecule has 6 nitrogen and oxygen atoms in total. The van der Waals surface area contributed by atoms with Crippen LogP contribution in [0.25, 0.3) is 5.65 Å². The third kappa shape index (κ3) is 4.41. The summed E-state index contributed by atoms with van der Waals surface area (Å²) in [6, 6.07) is 13.9. The number of amides is 1. The van der Waals surface area contributed by atoms with Crippen LogP contribution in [0.15, 0.2) is 59.7 Å². The van der Waals surface area contributed by atoms with Gasteiger partial charge in [0.2, 0.25) is 0 Å². The van der Waals surface area contributed by atoms with Crippen LogP contribution in [-0.2, 0) is 6.42 Å². The summed E-state index contributed by atoms with van der Waals surface area (Å²) in [6.07, 6.45) is 3.85. The minimum Gasteiger partial charge on any atom is -0.350 e. The fourth-order valence-corrected chi connectivity index (χ4v) is 2.97. The van der Waals surface area contributed by atoms with Crippen molar-refractivity contribution in [1.82, 2.24) is 19.6 Å². The lowest BCUT2D eigenvalue weighted by atomic mass is 10.1. The maximum absolute atomic E-state index is 12.6. The summed E-state index contributed by atoms with van der Waals surface area (Å²) >= 11 is 0. The molecule has 140 valence electrons. The largest absolute Gasteiger partial charge is 0.350 e. The number of rotatable bonds is 6. The topological polar surface area (TPSA) is 66.7 Å². The van der Waals surface area contributed by atoms with Gasteiger partial charge in [-0.2, -0.15) is 0 Å². The number of hydrogen-bond donors (Lipinski definition) is 1. The first-order valence-corrected chi connectivity index (χ1v) is 8.92.